The quantitative estimate of drug-likeness (QED) is 0.737. The van der Waals surface area contributed by atoms with Crippen LogP contribution in [0.4, 0.5) is 0 Å². The van der Waals surface area contributed by atoms with Gasteiger partial charge in [0.2, 0.25) is 5.91 Å². The number of rotatable bonds is 8. The average Bonchev–Trinajstić information content (AvgIpc) is 3.29. The van der Waals surface area contributed by atoms with Crippen molar-refractivity contribution in [2.24, 2.45) is 0 Å². The molecule has 1 amide bonds. The van der Waals surface area contributed by atoms with Crippen molar-refractivity contribution >= 4 is 5.91 Å². The maximum Gasteiger partial charge on any atom is 0.234 e. The van der Waals surface area contributed by atoms with Gasteiger partial charge < -0.3 is 15.2 Å². The highest BCUT2D eigenvalue weighted by Gasteiger charge is 2.29. The lowest BCUT2D eigenvalue weighted by molar-refractivity contribution is -0.122. The van der Waals surface area contributed by atoms with Crippen LogP contribution < -0.4 is 10.1 Å². The summed E-state index contributed by atoms with van der Waals surface area (Å²) in [7, 11) is 1.63. The van der Waals surface area contributed by atoms with Gasteiger partial charge in [0, 0.05) is 19.1 Å². The minimum atomic E-state index is -0.00632. The molecule has 0 saturated heterocycles. The van der Waals surface area contributed by atoms with Crippen LogP contribution in [0.3, 0.4) is 0 Å². The second-order valence-corrected chi connectivity index (χ2v) is 5.05. The zero-order chi connectivity index (χ0) is 14.4. The van der Waals surface area contributed by atoms with E-state index < -0.39 is 0 Å². The van der Waals surface area contributed by atoms with E-state index in [1.165, 1.54) is 0 Å². The maximum atomic E-state index is 11.9. The van der Waals surface area contributed by atoms with Gasteiger partial charge in [0.15, 0.2) is 0 Å². The molecule has 20 heavy (non-hydrogen) atoms. The minimum absolute atomic E-state index is 0.00632. The van der Waals surface area contributed by atoms with Gasteiger partial charge in [-0.25, -0.2) is 0 Å². The van der Waals surface area contributed by atoms with Crippen LogP contribution in [0.2, 0.25) is 0 Å². The van der Waals surface area contributed by atoms with E-state index in [-0.39, 0.29) is 12.5 Å². The first-order valence-corrected chi connectivity index (χ1v) is 6.97. The van der Waals surface area contributed by atoms with Crippen molar-refractivity contribution < 1.29 is 14.6 Å². The van der Waals surface area contributed by atoms with Crippen LogP contribution >= 0.6 is 0 Å². The Labute approximate surface area is 119 Å². The Kier molecular flexibility index (Phi) is 5.38. The third kappa shape index (κ3) is 4.51. The standard InChI is InChI=1S/C15H22N2O3/c1-20-14-4-2-3-12(9-14)10-16-15(19)11-17(7-8-18)13-5-6-13/h2-4,9,13,18H,5-8,10-11H2,1H3,(H,16,19). The molecule has 0 unspecified atom stereocenters. The molecule has 5 heteroatoms. The molecule has 0 spiro atoms. The molecule has 110 valence electrons. The summed E-state index contributed by atoms with van der Waals surface area (Å²) in [5.74, 6) is 0.782. The summed E-state index contributed by atoms with van der Waals surface area (Å²) >= 11 is 0. The van der Waals surface area contributed by atoms with Gasteiger partial charge in [-0.3, -0.25) is 9.69 Å². The van der Waals surface area contributed by atoms with E-state index in [0.29, 0.717) is 25.7 Å². The number of methoxy groups -OCH3 is 1. The van der Waals surface area contributed by atoms with Crippen molar-refractivity contribution in [2.45, 2.75) is 25.4 Å². The van der Waals surface area contributed by atoms with Gasteiger partial charge in [0.25, 0.3) is 0 Å². The molecular formula is C15H22N2O3. The van der Waals surface area contributed by atoms with Crippen LogP contribution in [-0.4, -0.2) is 48.8 Å². The van der Waals surface area contributed by atoms with E-state index >= 15 is 0 Å². The van der Waals surface area contributed by atoms with Gasteiger partial charge in [-0.05, 0) is 30.5 Å². The molecule has 2 rings (SSSR count). The fourth-order valence-electron chi connectivity index (χ4n) is 2.18. The molecule has 0 atom stereocenters. The Morgan fingerprint density at radius 1 is 1.50 bits per heavy atom. The van der Waals surface area contributed by atoms with Gasteiger partial charge in [-0.2, -0.15) is 0 Å². The number of benzene rings is 1. The normalized spacial score (nSPS) is 14.3. The predicted octanol–water partition coefficient (Wildman–Crippen LogP) is 0.768. The van der Waals surface area contributed by atoms with Gasteiger partial charge >= 0.3 is 0 Å². The number of hydrogen-bond acceptors (Lipinski definition) is 4. The lowest BCUT2D eigenvalue weighted by atomic mass is 10.2. The van der Waals surface area contributed by atoms with E-state index in [0.717, 1.165) is 24.2 Å². The van der Waals surface area contributed by atoms with E-state index in [1.54, 1.807) is 7.11 Å². The smallest absolute Gasteiger partial charge is 0.234 e. The zero-order valence-electron chi connectivity index (χ0n) is 11.8. The third-order valence-corrected chi connectivity index (χ3v) is 3.42. The largest absolute Gasteiger partial charge is 0.497 e. The predicted molar refractivity (Wildman–Crippen MR) is 76.5 cm³/mol. The Morgan fingerprint density at radius 2 is 2.30 bits per heavy atom. The molecule has 1 aromatic carbocycles. The first kappa shape index (κ1) is 14.8. The average molecular weight is 278 g/mol. The van der Waals surface area contributed by atoms with Crippen molar-refractivity contribution in [3.05, 3.63) is 29.8 Å². The van der Waals surface area contributed by atoms with Crippen LogP contribution in [-0.2, 0) is 11.3 Å². The molecule has 2 N–H and O–H groups in total. The SMILES string of the molecule is COc1cccc(CNC(=O)CN(CCO)C2CC2)c1. The molecule has 0 heterocycles. The molecule has 1 aliphatic carbocycles. The van der Waals surface area contributed by atoms with Crippen molar-refractivity contribution in [2.75, 3.05) is 26.8 Å². The summed E-state index contributed by atoms with van der Waals surface area (Å²) in [6.45, 7) is 1.51. The second-order valence-electron chi connectivity index (χ2n) is 5.05. The summed E-state index contributed by atoms with van der Waals surface area (Å²) in [4.78, 5) is 14.0. The molecule has 1 saturated carbocycles. The molecule has 1 aromatic rings. The zero-order valence-corrected chi connectivity index (χ0v) is 11.8. The highest BCUT2D eigenvalue weighted by molar-refractivity contribution is 5.78. The molecule has 0 aliphatic heterocycles. The molecule has 1 aliphatic rings. The fraction of sp³-hybridized carbons (Fsp3) is 0.533. The number of hydrogen-bond donors (Lipinski definition) is 2. The second kappa shape index (κ2) is 7.26. The van der Waals surface area contributed by atoms with Crippen molar-refractivity contribution in [1.29, 1.82) is 0 Å². The third-order valence-electron chi connectivity index (χ3n) is 3.42. The van der Waals surface area contributed by atoms with Crippen LogP contribution in [0.15, 0.2) is 24.3 Å². The lowest BCUT2D eigenvalue weighted by Crippen LogP contribution is -2.39. The number of aliphatic hydroxyl groups is 1. The van der Waals surface area contributed by atoms with Crippen molar-refractivity contribution in [3.63, 3.8) is 0 Å². The van der Waals surface area contributed by atoms with Crippen LogP contribution in [0.5, 0.6) is 5.75 Å². The summed E-state index contributed by atoms with van der Waals surface area (Å²) in [5, 5.41) is 11.9. The first-order valence-electron chi connectivity index (χ1n) is 6.97. The summed E-state index contributed by atoms with van der Waals surface area (Å²) in [6, 6.07) is 8.12. The number of carbonyl (C=O) groups is 1. The molecule has 0 aromatic heterocycles. The Bertz CT molecular complexity index is 446. The fourth-order valence-corrected chi connectivity index (χ4v) is 2.18. The van der Waals surface area contributed by atoms with Crippen LogP contribution in [0.1, 0.15) is 18.4 Å². The molecule has 5 nitrogen and oxygen atoms in total. The van der Waals surface area contributed by atoms with Crippen LogP contribution in [0, 0.1) is 0 Å². The summed E-state index contributed by atoms with van der Waals surface area (Å²) < 4.78 is 5.15. The number of nitrogens with one attached hydrogen (secondary N) is 1. The number of ether oxygens (including phenoxy) is 1. The maximum absolute atomic E-state index is 11.9. The van der Waals surface area contributed by atoms with E-state index in [4.69, 9.17) is 9.84 Å². The Hall–Kier alpha value is -1.59. The topological polar surface area (TPSA) is 61.8 Å². The molecular weight excluding hydrogens is 256 g/mol. The van der Waals surface area contributed by atoms with E-state index in [1.807, 2.05) is 29.2 Å². The van der Waals surface area contributed by atoms with E-state index in [9.17, 15) is 4.79 Å². The summed E-state index contributed by atoms with van der Waals surface area (Å²) in [6.07, 6.45) is 2.26. The highest BCUT2D eigenvalue weighted by atomic mass is 16.5. The first-order chi connectivity index (χ1) is 9.72. The van der Waals surface area contributed by atoms with Crippen molar-refractivity contribution in [1.82, 2.24) is 10.2 Å². The minimum Gasteiger partial charge on any atom is -0.497 e. The van der Waals surface area contributed by atoms with E-state index in [2.05, 4.69) is 5.32 Å². The Morgan fingerprint density at radius 3 is 2.95 bits per heavy atom. The lowest BCUT2D eigenvalue weighted by Gasteiger charge is -2.20. The van der Waals surface area contributed by atoms with Gasteiger partial charge in [-0.1, -0.05) is 12.1 Å². The number of aliphatic hydroxyl groups excluding tert-OH is 1. The number of amides is 1. The molecule has 0 bridgehead atoms. The van der Waals surface area contributed by atoms with Crippen LogP contribution in [0.25, 0.3) is 0 Å². The molecule has 1 fully saturated rings. The number of carbonyl (C=O) groups excluding carboxylic acids is 1. The van der Waals surface area contributed by atoms with Gasteiger partial charge in [-0.15, -0.1) is 0 Å². The Balaban J connectivity index is 1.78. The van der Waals surface area contributed by atoms with Gasteiger partial charge in [0.1, 0.15) is 5.75 Å². The highest BCUT2D eigenvalue weighted by Crippen LogP contribution is 2.26. The number of nitrogens with zero attached hydrogens (tertiary/aromatic N) is 1. The van der Waals surface area contributed by atoms with Gasteiger partial charge in [0.05, 0.1) is 20.3 Å². The molecule has 0 radical (unpaired) electrons. The monoisotopic (exact) mass is 278 g/mol. The van der Waals surface area contributed by atoms with Crippen molar-refractivity contribution in [3.8, 4) is 5.75 Å². The summed E-state index contributed by atoms with van der Waals surface area (Å²) in [5.41, 5.74) is 1.01.